The Morgan fingerprint density at radius 1 is 0.700 bits per heavy atom. The number of rotatable bonds is 10. The number of hydrogen-bond donors (Lipinski definition) is 1. The summed E-state index contributed by atoms with van der Waals surface area (Å²) >= 11 is 12.1. The molecule has 0 spiro atoms. The molecule has 1 aromatic heterocycles. The molecule has 0 bridgehead atoms. The molecule has 0 saturated heterocycles. The van der Waals surface area contributed by atoms with Crippen molar-refractivity contribution in [3.63, 3.8) is 0 Å². The number of anilines is 1. The van der Waals surface area contributed by atoms with E-state index >= 15 is 0 Å². The minimum absolute atomic E-state index is 0.0237. The van der Waals surface area contributed by atoms with Crippen LogP contribution in [0.5, 0.6) is 23.0 Å². The lowest BCUT2D eigenvalue weighted by atomic mass is 9.87. The minimum Gasteiger partial charge on any atom is -0.480 e. The molecule has 1 atom stereocenters. The van der Waals surface area contributed by atoms with Crippen LogP contribution in [0.1, 0.15) is 42.4 Å². The van der Waals surface area contributed by atoms with Crippen LogP contribution in [0.3, 0.4) is 0 Å². The van der Waals surface area contributed by atoms with Gasteiger partial charge < -0.3 is 14.6 Å². The van der Waals surface area contributed by atoms with E-state index in [1.54, 1.807) is 85.1 Å². The predicted molar refractivity (Wildman–Crippen MR) is 198 cm³/mol. The number of aromatic nitrogens is 1. The first kappa shape index (κ1) is 34.5. The highest BCUT2D eigenvalue weighted by Crippen LogP contribution is 2.31. The third-order valence-corrected chi connectivity index (χ3v) is 8.69. The van der Waals surface area contributed by atoms with Gasteiger partial charge in [0, 0.05) is 33.7 Å². The molecule has 1 N–H and O–H groups in total. The van der Waals surface area contributed by atoms with E-state index in [9.17, 15) is 14.7 Å². The van der Waals surface area contributed by atoms with Crippen LogP contribution in [-0.2, 0) is 16.6 Å². The van der Waals surface area contributed by atoms with Crippen LogP contribution in [-0.4, -0.2) is 28.0 Å². The van der Waals surface area contributed by atoms with Gasteiger partial charge in [-0.1, -0.05) is 74.3 Å². The number of pyridine rings is 1. The Labute approximate surface area is 300 Å². The molecular formula is C41H34Cl2N2O5. The van der Waals surface area contributed by atoms with Crippen molar-refractivity contribution in [3.8, 4) is 23.0 Å². The van der Waals surface area contributed by atoms with Crippen LogP contribution in [0.2, 0.25) is 10.0 Å². The summed E-state index contributed by atoms with van der Waals surface area (Å²) in [6.45, 7) is 6.48. The number of carbonyl (C=O) groups excluding carboxylic acids is 1. The number of ether oxygens (including phenoxy) is 2. The summed E-state index contributed by atoms with van der Waals surface area (Å²) < 4.78 is 12.0. The van der Waals surface area contributed by atoms with Gasteiger partial charge in [-0.2, -0.15) is 0 Å². The van der Waals surface area contributed by atoms with E-state index < -0.39 is 17.9 Å². The van der Waals surface area contributed by atoms with Crippen LogP contribution < -0.4 is 14.4 Å². The largest absolute Gasteiger partial charge is 0.480 e. The Bertz CT molecular complexity index is 2130. The molecule has 0 saturated carbocycles. The molecule has 0 aliphatic heterocycles. The normalized spacial score (nSPS) is 11.9. The predicted octanol–water partition coefficient (Wildman–Crippen LogP) is 10.8. The molecule has 9 heteroatoms. The maximum atomic E-state index is 14.2. The van der Waals surface area contributed by atoms with Crippen molar-refractivity contribution in [2.24, 2.45) is 0 Å². The molecule has 6 rings (SSSR count). The highest BCUT2D eigenvalue weighted by molar-refractivity contribution is 6.31. The van der Waals surface area contributed by atoms with E-state index in [1.807, 2.05) is 30.3 Å². The lowest BCUT2D eigenvalue weighted by Crippen LogP contribution is -2.47. The second-order valence-corrected chi connectivity index (χ2v) is 13.7. The van der Waals surface area contributed by atoms with E-state index in [2.05, 4.69) is 37.9 Å². The Kier molecular flexibility index (Phi) is 10.1. The fourth-order valence-corrected chi connectivity index (χ4v) is 5.72. The van der Waals surface area contributed by atoms with Crippen molar-refractivity contribution in [1.29, 1.82) is 0 Å². The molecule has 7 nitrogen and oxygen atoms in total. The topological polar surface area (TPSA) is 89.0 Å². The molecule has 0 aliphatic rings. The second kappa shape index (κ2) is 14.6. The molecule has 0 radical (unpaired) electrons. The van der Waals surface area contributed by atoms with Crippen molar-refractivity contribution < 1.29 is 24.2 Å². The third kappa shape index (κ3) is 8.25. The Morgan fingerprint density at radius 2 is 1.22 bits per heavy atom. The van der Waals surface area contributed by atoms with E-state index in [0.29, 0.717) is 44.3 Å². The van der Waals surface area contributed by atoms with Crippen molar-refractivity contribution in [3.05, 3.63) is 154 Å². The lowest BCUT2D eigenvalue weighted by Gasteiger charge is -2.29. The van der Waals surface area contributed by atoms with Crippen LogP contribution in [0.25, 0.3) is 10.8 Å². The highest BCUT2D eigenvalue weighted by Gasteiger charge is 2.33. The van der Waals surface area contributed by atoms with Crippen molar-refractivity contribution >= 4 is 51.5 Å². The molecule has 0 aliphatic carbocycles. The van der Waals surface area contributed by atoms with Crippen LogP contribution in [0.15, 0.2) is 128 Å². The first-order chi connectivity index (χ1) is 23.9. The summed E-state index contributed by atoms with van der Waals surface area (Å²) in [5.41, 5.74) is 2.41. The smallest absolute Gasteiger partial charge is 0.327 e. The zero-order chi connectivity index (χ0) is 35.4. The molecule has 50 heavy (non-hydrogen) atoms. The van der Waals surface area contributed by atoms with Crippen LogP contribution in [0.4, 0.5) is 5.69 Å². The Hall–Kier alpha value is -5.37. The van der Waals surface area contributed by atoms with Crippen molar-refractivity contribution in [1.82, 2.24) is 4.98 Å². The maximum Gasteiger partial charge on any atom is 0.327 e. The van der Waals surface area contributed by atoms with Gasteiger partial charge in [-0.05, 0) is 113 Å². The average Bonchev–Trinajstić information content (AvgIpc) is 3.10. The first-order valence-electron chi connectivity index (χ1n) is 16.0. The number of carbonyl (C=O) groups is 2. The molecule has 5 aromatic carbocycles. The van der Waals surface area contributed by atoms with Gasteiger partial charge >= 0.3 is 5.97 Å². The monoisotopic (exact) mass is 704 g/mol. The maximum absolute atomic E-state index is 14.2. The number of hydrogen-bond acceptors (Lipinski definition) is 5. The Morgan fingerprint density at radius 3 is 1.80 bits per heavy atom. The molecule has 6 aromatic rings. The van der Waals surface area contributed by atoms with Gasteiger partial charge in [0.25, 0.3) is 5.91 Å². The zero-order valence-electron chi connectivity index (χ0n) is 27.6. The lowest BCUT2D eigenvalue weighted by molar-refractivity contribution is -0.138. The molecule has 0 unspecified atom stereocenters. The quantitative estimate of drug-likeness (QED) is 0.153. The summed E-state index contributed by atoms with van der Waals surface area (Å²) in [6, 6.07) is 34.4. The summed E-state index contributed by atoms with van der Waals surface area (Å²) in [4.78, 5) is 32.8. The molecular weight excluding hydrogens is 671 g/mol. The number of carboxylic acids is 1. The number of carboxylic acid groups (broad SMARTS) is 1. The van der Waals surface area contributed by atoms with Gasteiger partial charge in [0.15, 0.2) is 0 Å². The van der Waals surface area contributed by atoms with Gasteiger partial charge in [0.1, 0.15) is 34.7 Å². The fraction of sp³-hybridized carbons (Fsp3) is 0.146. The van der Waals surface area contributed by atoms with Crippen molar-refractivity contribution in [2.75, 3.05) is 4.90 Å². The van der Waals surface area contributed by atoms with Gasteiger partial charge in [-0.25, -0.2) is 4.79 Å². The number of benzene rings is 5. The summed E-state index contributed by atoms with van der Waals surface area (Å²) in [5, 5.41) is 13.0. The number of halogens is 2. The van der Waals surface area contributed by atoms with Crippen LogP contribution in [0, 0.1) is 0 Å². The first-order valence-corrected chi connectivity index (χ1v) is 16.7. The van der Waals surface area contributed by atoms with E-state index in [1.165, 1.54) is 10.5 Å². The van der Waals surface area contributed by atoms with Gasteiger partial charge in [-0.3, -0.25) is 14.7 Å². The number of aliphatic carboxylic acids is 1. The zero-order valence-corrected chi connectivity index (χ0v) is 29.2. The van der Waals surface area contributed by atoms with Gasteiger partial charge in [0.2, 0.25) is 0 Å². The van der Waals surface area contributed by atoms with Crippen LogP contribution >= 0.6 is 23.2 Å². The second-order valence-electron chi connectivity index (χ2n) is 12.9. The average molecular weight is 706 g/mol. The molecule has 1 amide bonds. The van der Waals surface area contributed by atoms with Gasteiger partial charge in [0.05, 0.1) is 0 Å². The highest BCUT2D eigenvalue weighted by atomic mass is 35.5. The Balaban J connectivity index is 1.25. The van der Waals surface area contributed by atoms with E-state index in [0.717, 1.165) is 10.8 Å². The molecule has 0 fully saturated rings. The summed E-state index contributed by atoms with van der Waals surface area (Å²) in [6.07, 6.45) is 1.61. The number of fused-ring (bicyclic) bond motifs is 1. The number of nitrogens with zero attached hydrogens (tertiary/aromatic N) is 2. The summed E-state index contributed by atoms with van der Waals surface area (Å²) in [5.74, 6) is 0.777. The van der Waals surface area contributed by atoms with E-state index in [-0.39, 0.29) is 17.5 Å². The van der Waals surface area contributed by atoms with E-state index in [4.69, 9.17) is 32.7 Å². The van der Waals surface area contributed by atoms with Crippen molar-refractivity contribution in [2.45, 2.75) is 38.6 Å². The summed E-state index contributed by atoms with van der Waals surface area (Å²) in [7, 11) is 0. The van der Waals surface area contributed by atoms with Gasteiger partial charge in [-0.15, -0.1) is 0 Å². The molecule has 1 heterocycles. The fourth-order valence-electron chi connectivity index (χ4n) is 5.47. The third-order valence-electron chi connectivity index (χ3n) is 8.19. The minimum atomic E-state index is -1.26. The number of amides is 1. The molecule has 252 valence electrons. The standard InChI is InChI=1S/C41H34Cl2N2O5/c1-41(2,3)29-7-18-34(19-8-29)50-36-17-6-27-24-37(44-25-28(27)23-36)39(46)45(32-13-9-30(42)10-14-32)38(40(47)48)22-26-4-15-33(16-5-26)49-35-20-11-31(43)12-21-35/h4-21,23-25,38H,22H2,1-3H3,(H,47,48)/t38-/m0/s1. The SMILES string of the molecule is CC(C)(C)c1ccc(Oc2ccc3cc(C(=O)N(c4ccc(Cl)cc4)[C@@H](Cc4ccc(Oc5ccc(Cl)cc5)cc4)C(=O)O)ncc3c2)cc1.